The topological polar surface area (TPSA) is 68.0 Å². The average molecular weight is 347 g/mol. The summed E-state index contributed by atoms with van der Waals surface area (Å²) in [6, 6.07) is 3.75. The van der Waals surface area contributed by atoms with Crippen molar-refractivity contribution in [3.63, 3.8) is 0 Å². The number of nitrogens with zero attached hydrogens (tertiary/aromatic N) is 2. The first-order valence-corrected chi connectivity index (χ1v) is 9.56. The SMILES string of the molecule is CCCCCC(C)NC(=O)c1c(C)nc(-c2ccco2)nc1SC. The molecule has 24 heavy (non-hydrogen) atoms. The number of carbonyl (C=O) groups excluding carboxylic acids is 1. The molecule has 0 fully saturated rings. The molecule has 1 atom stereocenters. The Hall–Kier alpha value is -1.82. The van der Waals surface area contributed by atoms with Gasteiger partial charge in [-0.15, -0.1) is 11.8 Å². The van der Waals surface area contributed by atoms with E-state index >= 15 is 0 Å². The molecule has 0 aliphatic heterocycles. The minimum Gasteiger partial charge on any atom is -0.461 e. The van der Waals surface area contributed by atoms with E-state index in [-0.39, 0.29) is 11.9 Å². The summed E-state index contributed by atoms with van der Waals surface area (Å²) in [5, 5.41) is 3.74. The zero-order chi connectivity index (χ0) is 17.5. The van der Waals surface area contributed by atoms with Gasteiger partial charge in [0.25, 0.3) is 5.91 Å². The fourth-order valence-corrected chi connectivity index (χ4v) is 3.16. The predicted molar refractivity (Wildman–Crippen MR) is 97.3 cm³/mol. The van der Waals surface area contributed by atoms with E-state index in [1.54, 1.807) is 12.3 Å². The molecule has 6 heteroatoms. The summed E-state index contributed by atoms with van der Waals surface area (Å²) >= 11 is 1.44. The Morgan fingerprint density at radius 1 is 1.38 bits per heavy atom. The molecule has 1 unspecified atom stereocenters. The molecule has 0 aromatic carbocycles. The van der Waals surface area contributed by atoms with Crippen molar-refractivity contribution in [2.75, 3.05) is 6.26 Å². The van der Waals surface area contributed by atoms with Gasteiger partial charge in [-0.1, -0.05) is 26.2 Å². The van der Waals surface area contributed by atoms with E-state index in [9.17, 15) is 4.79 Å². The summed E-state index contributed by atoms with van der Waals surface area (Å²) in [6.07, 6.45) is 7.98. The van der Waals surface area contributed by atoms with E-state index in [2.05, 4.69) is 22.2 Å². The number of furan rings is 1. The maximum atomic E-state index is 12.7. The molecule has 0 saturated heterocycles. The van der Waals surface area contributed by atoms with Gasteiger partial charge in [-0.3, -0.25) is 4.79 Å². The second-order valence-corrected chi connectivity index (χ2v) is 6.66. The number of carbonyl (C=O) groups is 1. The van der Waals surface area contributed by atoms with E-state index in [1.165, 1.54) is 24.6 Å². The summed E-state index contributed by atoms with van der Waals surface area (Å²) in [6.45, 7) is 6.06. The van der Waals surface area contributed by atoms with Crippen LogP contribution in [-0.2, 0) is 0 Å². The van der Waals surface area contributed by atoms with Crippen molar-refractivity contribution in [1.82, 2.24) is 15.3 Å². The van der Waals surface area contributed by atoms with Gasteiger partial charge in [0, 0.05) is 6.04 Å². The van der Waals surface area contributed by atoms with Crippen molar-refractivity contribution in [3.05, 3.63) is 29.7 Å². The fourth-order valence-electron chi connectivity index (χ4n) is 2.54. The Balaban J connectivity index is 2.18. The Bertz CT molecular complexity index is 671. The van der Waals surface area contributed by atoms with Crippen LogP contribution in [0.25, 0.3) is 11.6 Å². The Labute approximate surface area is 147 Å². The molecule has 0 aliphatic rings. The number of hydrogen-bond donors (Lipinski definition) is 1. The van der Waals surface area contributed by atoms with Crippen LogP contribution in [0.5, 0.6) is 0 Å². The third-order valence-electron chi connectivity index (χ3n) is 3.84. The molecule has 0 spiro atoms. The first-order valence-electron chi connectivity index (χ1n) is 8.34. The molecule has 2 aromatic heterocycles. The van der Waals surface area contributed by atoms with Crippen LogP contribution in [0.4, 0.5) is 0 Å². The average Bonchev–Trinajstić information content (AvgIpc) is 3.08. The van der Waals surface area contributed by atoms with Gasteiger partial charge in [0.2, 0.25) is 0 Å². The third-order valence-corrected chi connectivity index (χ3v) is 4.52. The van der Waals surface area contributed by atoms with Crippen molar-refractivity contribution < 1.29 is 9.21 Å². The first kappa shape index (κ1) is 18.5. The molecule has 2 aromatic rings. The van der Waals surface area contributed by atoms with Crippen molar-refractivity contribution in [1.29, 1.82) is 0 Å². The first-order chi connectivity index (χ1) is 11.6. The van der Waals surface area contributed by atoms with E-state index in [1.807, 2.05) is 26.2 Å². The number of amides is 1. The highest BCUT2D eigenvalue weighted by Gasteiger charge is 2.20. The molecule has 1 N–H and O–H groups in total. The van der Waals surface area contributed by atoms with Gasteiger partial charge >= 0.3 is 0 Å². The second kappa shape index (κ2) is 8.87. The van der Waals surface area contributed by atoms with Crippen molar-refractivity contribution >= 4 is 17.7 Å². The molecule has 5 nitrogen and oxygen atoms in total. The Morgan fingerprint density at radius 3 is 2.79 bits per heavy atom. The van der Waals surface area contributed by atoms with E-state index in [0.29, 0.717) is 27.9 Å². The van der Waals surface area contributed by atoms with Crippen LogP contribution in [0.1, 0.15) is 55.6 Å². The molecule has 2 rings (SSSR count). The number of rotatable bonds is 8. The fraction of sp³-hybridized carbons (Fsp3) is 0.500. The summed E-state index contributed by atoms with van der Waals surface area (Å²) in [4.78, 5) is 21.6. The van der Waals surface area contributed by atoms with Gasteiger partial charge in [-0.05, 0) is 38.7 Å². The highest BCUT2D eigenvalue weighted by molar-refractivity contribution is 7.98. The van der Waals surface area contributed by atoms with E-state index < -0.39 is 0 Å². The third kappa shape index (κ3) is 4.60. The summed E-state index contributed by atoms with van der Waals surface area (Å²) in [5.41, 5.74) is 1.22. The van der Waals surface area contributed by atoms with Crippen LogP contribution in [0.15, 0.2) is 27.8 Å². The van der Waals surface area contributed by atoms with Crippen LogP contribution in [0.3, 0.4) is 0 Å². The summed E-state index contributed by atoms with van der Waals surface area (Å²) in [7, 11) is 0. The molecular weight excluding hydrogens is 322 g/mol. The van der Waals surface area contributed by atoms with Gasteiger partial charge in [-0.25, -0.2) is 9.97 Å². The number of unbranched alkanes of at least 4 members (excludes halogenated alkanes) is 2. The molecule has 0 saturated carbocycles. The molecule has 2 heterocycles. The standard InChI is InChI=1S/C18H25N3O2S/c1-5-6-7-9-12(2)19-17(22)15-13(3)20-16(21-18(15)24-4)14-10-8-11-23-14/h8,10-12H,5-7,9H2,1-4H3,(H,19,22). The molecule has 0 aliphatic carbocycles. The molecule has 0 radical (unpaired) electrons. The minimum atomic E-state index is -0.105. The van der Waals surface area contributed by atoms with Crippen LogP contribution in [-0.4, -0.2) is 28.2 Å². The van der Waals surface area contributed by atoms with E-state index in [4.69, 9.17) is 4.42 Å². The number of thioether (sulfide) groups is 1. The van der Waals surface area contributed by atoms with Crippen molar-refractivity contribution in [2.45, 2.75) is 57.5 Å². The number of hydrogen-bond acceptors (Lipinski definition) is 5. The quantitative estimate of drug-likeness (QED) is 0.433. The highest BCUT2D eigenvalue weighted by Crippen LogP contribution is 2.25. The highest BCUT2D eigenvalue weighted by atomic mass is 32.2. The predicted octanol–water partition coefficient (Wildman–Crippen LogP) is 4.47. The van der Waals surface area contributed by atoms with Gasteiger partial charge in [0.05, 0.1) is 17.5 Å². The largest absolute Gasteiger partial charge is 0.461 e. The zero-order valence-corrected chi connectivity index (χ0v) is 15.6. The zero-order valence-electron chi connectivity index (χ0n) is 14.8. The van der Waals surface area contributed by atoms with Crippen LogP contribution in [0.2, 0.25) is 0 Å². The van der Waals surface area contributed by atoms with Crippen LogP contribution < -0.4 is 5.32 Å². The maximum Gasteiger partial charge on any atom is 0.256 e. The summed E-state index contributed by atoms with van der Waals surface area (Å²) < 4.78 is 5.36. The molecular formula is C18H25N3O2S. The lowest BCUT2D eigenvalue weighted by molar-refractivity contribution is 0.0933. The van der Waals surface area contributed by atoms with E-state index in [0.717, 1.165) is 12.8 Å². The monoisotopic (exact) mass is 347 g/mol. The van der Waals surface area contributed by atoms with Gasteiger partial charge in [0.15, 0.2) is 11.6 Å². The van der Waals surface area contributed by atoms with Crippen LogP contribution >= 0.6 is 11.8 Å². The number of aromatic nitrogens is 2. The number of aryl methyl sites for hydroxylation is 1. The molecule has 0 bridgehead atoms. The van der Waals surface area contributed by atoms with Crippen molar-refractivity contribution in [2.24, 2.45) is 0 Å². The summed E-state index contributed by atoms with van der Waals surface area (Å²) in [5.74, 6) is 1.01. The minimum absolute atomic E-state index is 0.105. The van der Waals surface area contributed by atoms with Gasteiger partial charge in [0.1, 0.15) is 5.03 Å². The number of nitrogens with one attached hydrogen (secondary N) is 1. The second-order valence-electron chi connectivity index (χ2n) is 5.86. The molecule has 1 amide bonds. The smallest absolute Gasteiger partial charge is 0.256 e. The normalized spacial score (nSPS) is 12.2. The Morgan fingerprint density at radius 2 is 2.17 bits per heavy atom. The lowest BCUT2D eigenvalue weighted by Crippen LogP contribution is -2.33. The Kier molecular flexibility index (Phi) is 6.85. The lowest BCUT2D eigenvalue weighted by atomic mass is 10.1. The van der Waals surface area contributed by atoms with Gasteiger partial charge in [-0.2, -0.15) is 0 Å². The molecule has 130 valence electrons. The van der Waals surface area contributed by atoms with Crippen molar-refractivity contribution in [3.8, 4) is 11.6 Å². The maximum absolute atomic E-state index is 12.7. The lowest BCUT2D eigenvalue weighted by Gasteiger charge is -2.16. The van der Waals surface area contributed by atoms with Gasteiger partial charge < -0.3 is 9.73 Å². The van der Waals surface area contributed by atoms with Crippen LogP contribution in [0, 0.1) is 6.92 Å².